The summed E-state index contributed by atoms with van der Waals surface area (Å²) in [6.45, 7) is 3.29. The molecule has 154 valence electrons. The van der Waals surface area contributed by atoms with E-state index in [4.69, 9.17) is 11.6 Å². The molecule has 2 aromatic heterocycles. The summed E-state index contributed by atoms with van der Waals surface area (Å²) in [7, 11) is 0. The maximum Gasteiger partial charge on any atom is 0.265 e. The average molecular weight is 446 g/mol. The number of carbonyl (C=O) groups excluding carboxylic acids is 2. The monoisotopic (exact) mass is 445 g/mol. The fraction of sp³-hybridized carbons (Fsp3) is 0.250. The molecule has 0 saturated carbocycles. The number of thiazole rings is 1. The van der Waals surface area contributed by atoms with Gasteiger partial charge in [-0.15, -0.1) is 11.3 Å². The molecule has 4 rings (SSSR count). The van der Waals surface area contributed by atoms with E-state index in [9.17, 15) is 14.0 Å². The van der Waals surface area contributed by atoms with E-state index in [1.165, 1.54) is 23.5 Å². The molecule has 0 bridgehead atoms. The minimum Gasteiger partial charge on any atom is -0.335 e. The van der Waals surface area contributed by atoms with Crippen molar-refractivity contribution < 1.29 is 14.0 Å². The van der Waals surface area contributed by atoms with Crippen LogP contribution >= 0.6 is 22.9 Å². The third-order valence-electron chi connectivity index (χ3n) is 4.76. The first-order valence-electron chi connectivity index (χ1n) is 9.22. The summed E-state index contributed by atoms with van der Waals surface area (Å²) in [6, 6.07) is 5.43. The lowest BCUT2D eigenvalue weighted by atomic mass is 10.1. The van der Waals surface area contributed by atoms with Crippen molar-refractivity contribution in [1.29, 1.82) is 0 Å². The zero-order valence-electron chi connectivity index (χ0n) is 16.0. The molecule has 30 heavy (non-hydrogen) atoms. The van der Waals surface area contributed by atoms with Crippen LogP contribution in [0.4, 0.5) is 4.39 Å². The third kappa shape index (κ3) is 4.03. The molecule has 2 amide bonds. The van der Waals surface area contributed by atoms with Gasteiger partial charge < -0.3 is 9.80 Å². The van der Waals surface area contributed by atoms with Crippen molar-refractivity contribution in [3.63, 3.8) is 0 Å². The third-order valence-corrected chi connectivity index (χ3v) is 6.22. The predicted octanol–water partition coefficient (Wildman–Crippen LogP) is 3.30. The first-order chi connectivity index (χ1) is 14.4. The number of carbonyl (C=O) groups is 2. The number of halogens is 2. The van der Waals surface area contributed by atoms with E-state index in [2.05, 4.69) is 15.0 Å². The highest BCUT2D eigenvalue weighted by Crippen LogP contribution is 2.27. The van der Waals surface area contributed by atoms with Crippen LogP contribution in [-0.2, 0) is 0 Å². The summed E-state index contributed by atoms with van der Waals surface area (Å²) >= 11 is 7.27. The zero-order chi connectivity index (χ0) is 21.3. The number of piperazine rings is 1. The molecule has 1 aliphatic heterocycles. The van der Waals surface area contributed by atoms with Crippen molar-refractivity contribution in [2.45, 2.75) is 6.92 Å². The molecule has 3 aromatic rings. The van der Waals surface area contributed by atoms with Crippen LogP contribution in [0.3, 0.4) is 0 Å². The van der Waals surface area contributed by atoms with Gasteiger partial charge in [-0.25, -0.2) is 19.3 Å². The van der Waals surface area contributed by atoms with Crippen molar-refractivity contribution in [1.82, 2.24) is 24.8 Å². The number of rotatable bonds is 3. The van der Waals surface area contributed by atoms with Crippen LogP contribution in [0.25, 0.3) is 10.8 Å². The smallest absolute Gasteiger partial charge is 0.265 e. The SMILES string of the molecule is Cc1nc(-c2ncccn2)sc1C(=O)N1CCN(C(=O)c2ccc(F)cc2Cl)CC1. The molecular weight excluding hydrogens is 429 g/mol. The number of amides is 2. The van der Waals surface area contributed by atoms with Crippen molar-refractivity contribution in [2.24, 2.45) is 0 Å². The number of benzene rings is 1. The molecule has 1 aliphatic rings. The van der Waals surface area contributed by atoms with Gasteiger partial charge in [0.25, 0.3) is 11.8 Å². The fourth-order valence-electron chi connectivity index (χ4n) is 3.19. The Balaban J connectivity index is 1.44. The van der Waals surface area contributed by atoms with E-state index >= 15 is 0 Å². The summed E-state index contributed by atoms with van der Waals surface area (Å²) in [6.07, 6.45) is 3.26. The summed E-state index contributed by atoms with van der Waals surface area (Å²) in [5.74, 6) is -0.410. The molecule has 7 nitrogen and oxygen atoms in total. The summed E-state index contributed by atoms with van der Waals surface area (Å²) in [4.78, 5) is 42.3. The maximum absolute atomic E-state index is 13.2. The molecule has 0 unspecified atom stereocenters. The number of nitrogens with zero attached hydrogens (tertiary/aromatic N) is 5. The first kappa shape index (κ1) is 20.4. The largest absolute Gasteiger partial charge is 0.335 e. The van der Waals surface area contributed by atoms with Gasteiger partial charge in [0, 0.05) is 38.6 Å². The summed E-state index contributed by atoms with van der Waals surface area (Å²) < 4.78 is 13.2. The Hall–Kier alpha value is -2.91. The highest BCUT2D eigenvalue weighted by molar-refractivity contribution is 7.17. The number of aryl methyl sites for hydroxylation is 1. The van der Waals surface area contributed by atoms with Gasteiger partial charge >= 0.3 is 0 Å². The minimum absolute atomic E-state index is 0.0782. The van der Waals surface area contributed by atoms with E-state index < -0.39 is 5.82 Å². The minimum atomic E-state index is -0.493. The van der Waals surface area contributed by atoms with E-state index in [1.54, 1.807) is 35.2 Å². The van der Waals surface area contributed by atoms with Crippen LogP contribution in [0.5, 0.6) is 0 Å². The Labute approximate surface area is 181 Å². The Morgan fingerprint density at radius 3 is 2.33 bits per heavy atom. The fourth-order valence-corrected chi connectivity index (χ4v) is 4.42. The molecule has 0 N–H and O–H groups in total. The van der Waals surface area contributed by atoms with Crippen LogP contribution in [0.1, 0.15) is 25.7 Å². The Kier molecular flexibility index (Phi) is 5.74. The maximum atomic E-state index is 13.2. The highest BCUT2D eigenvalue weighted by atomic mass is 35.5. The van der Waals surface area contributed by atoms with Crippen molar-refractivity contribution in [3.8, 4) is 10.8 Å². The molecule has 0 radical (unpaired) electrons. The molecule has 1 aromatic carbocycles. The second-order valence-corrected chi connectivity index (χ2v) is 8.12. The molecule has 0 spiro atoms. The number of hydrogen-bond donors (Lipinski definition) is 0. The first-order valence-corrected chi connectivity index (χ1v) is 10.4. The summed E-state index contributed by atoms with van der Waals surface area (Å²) in [5, 5.41) is 0.672. The second-order valence-electron chi connectivity index (χ2n) is 6.71. The molecule has 0 atom stereocenters. The molecule has 0 aliphatic carbocycles. The van der Waals surface area contributed by atoms with Crippen LogP contribution in [0.15, 0.2) is 36.7 Å². The van der Waals surface area contributed by atoms with E-state index in [1.807, 2.05) is 0 Å². The van der Waals surface area contributed by atoms with Crippen molar-refractivity contribution in [2.75, 3.05) is 26.2 Å². The lowest BCUT2D eigenvalue weighted by molar-refractivity contribution is 0.0537. The quantitative estimate of drug-likeness (QED) is 0.618. The normalized spacial score (nSPS) is 14.1. The molecular formula is C20H17ClFN5O2S. The average Bonchev–Trinajstić information content (AvgIpc) is 3.15. The second kappa shape index (κ2) is 8.45. The number of hydrogen-bond acceptors (Lipinski definition) is 6. The van der Waals surface area contributed by atoms with E-state index in [-0.39, 0.29) is 22.4 Å². The molecule has 1 saturated heterocycles. The predicted molar refractivity (Wildman–Crippen MR) is 111 cm³/mol. The lowest BCUT2D eigenvalue weighted by Crippen LogP contribution is -2.50. The van der Waals surface area contributed by atoms with Crippen LogP contribution < -0.4 is 0 Å². The number of aromatic nitrogens is 3. The van der Waals surface area contributed by atoms with Gasteiger partial charge in [-0.05, 0) is 31.2 Å². The molecule has 1 fully saturated rings. The van der Waals surface area contributed by atoms with E-state index in [0.717, 1.165) is 6.07 Å². The lowest BCUT2D eigenvalue weighted by Gasteiger charge is -2.34. The highest BCUT2D eigenvalue weighted by Gasteiger charge is 2.28. The topological polar surface area (TPSA) is 79.3 Å². The Morgan fingerprint density at radius 1 is 1.07 bits per heavy atom. The zero-order valence-corrected chi connectivity index (χ0v) is 17.6. The van der Waals surface area contributed by atoms with Gasteiger partial charge in [0.2, 0.25) is 0 Å². The summed E-state index contributed by atoms with van der Waals surface area (Å²) in [5.41, 5.74) is 0.882. The van der Waals surface area contributed by atoms with Crippen LogP contribution in [-0.4, -0.2) is 62.7 Å². The van der Waals surface area contributed by atoms with Gasteiger partial charge in [-0.2, -0.15) is 0 Å². The van der Waals surface area contributed by atoms with Crippen molar-refractivity contribution >= 4 is 34.8 Å². The van der Waals surface area contributed by atoms with Gasteiger partial charge in [0.05, 0.1) is 16.3 Å². The van der Waals surface area contributed by atoms with Gasteiger partial charge in [-0.3, -0.25) is 9.59 Å². The van der Waals surface area contributed by atoms with Gasteiger partial charge in [0.1, 0.15) is 10.7 Å². The van der Waals surface area contributed by atoms with E-state index in [0.29, 0.717) is 47.6 Å². The standard InChI is InChI=1S/C20H17ClFN5O2S/c1-12-16(30-18(25-12)17-23-5-2-6-24-17)20(29)27-9-7-26(8-10-27)19(28)14-4-3-13(22)11-15(14)21/h2-6,11H,7-10H2,1H3. The molecule has 10 heteroatoms. The Bertz CT molecular complexity index is 1100. The van der Waals surface area contributed by atoms with Crippen LogP contribution in [0, 0.1) is 12.7 Å². The van der Waals surface area contributed by atoms with Crippen molar-refractivity contribution in [3.05, 3.63) is 63.6 Å². The Morgan fingerprint density at radius 2 is 1.70 bits per heavy atom. The van der Waals surface area contributed by atoms with Crippen LogP contribution in [0.2, 0.25) is 5.02 Å². The van der Waals surface area contributed by atoms with Gasteiger partial charge in [0.15, 0.2) is 10.8 Å². The van der Waals surface area contributed by atoms with Gasteiger partial charge in [-0.1, -0.05) is 11.6 Å². The molecule has 3 heterocycles.